The average Bonchev–Trinajstić information content (AvgIpc) is 2.85. The third kappa shape index (κ3) is 5.01. The Kier molecular flexibility index (Phi) is 7.66. The lowest BCUT2D eigenvalue weighted by Crippen LogP contribution is -2.36. The second kappa shape index (κ2) is 10.7. The second-order valence-electron chi connectivity index (χ2n) is 9.05. The maximum atomic E-state index is 13.7. The minimum Gasteiger partial charge on any atom is -0.463 e. The summed E-state index contributed by atoms with van der Waals surface area (Å²) in [4.78, 5) is 29.0. The molecule has 1 aliphatic carbocycles. The highest BCUT2D eigenvalue weighted by atomic mass is 35.5. The quantitative estimate of drug-likeness (QED) is 0.472. The van der Waals surface area contributed by atoms with Gasteiger partial charge in [0.05, 0.1) is 12.2 Å². The molecule has 0 saturated carbocycles. The lowest BCUT2D eigenvalue weighted by Gasteiger charge is -2.37. The number of carbonyl (C=O) groups excluding carboxylic acids is 2. The Morgan fingerprint density at radius 1 is 1.00 bits per heavy atom. The number of benzene rings is 2. The van der Waals surface area contributed by atoms with E-state index in [1.165, 1.54) is 0 Å². The molecule has 0 fully saturated rings. The van der Waals surface area contributed by atoms with Crippen molar-refractivity contribution in [3.63, 3.8) is 0 Å². The maximum absolute atomic E-state index is 13.7. The van der Waals surface area contributed by atoms with Crippen molar-refractivity contribution in [1.82, 2.24) is 5.32 Å². The number of allylic oxidation sites excluding steroid dienone is 3. The van der Waals surface area contributed by atoms with Gasteiger partial charge in [-0.25, -0.2) is 4.79 Å². The lowest BCUT2D eigenvalue weighted by molar-refractivity contribution is -0.138. The molecule has 0 radical (unpaired) electrons. The monoisotopic (exact) mass is 492 g/mol. The minimum absolute atomic E-state index is 0.0609. The van der Waals surface area contributed by atoms with Gasteiger partial charge in [-0.15, -0.1) is 0 Å². The molecule has 2 aromatic rings. The van der Waals surface area contributed by atoms with Crippen molar-refractivity contribution >= 4 is 29.0 Å². The molecule has 1 heterocycles. The fourth-order valence-electron chi connectivity index (χ4n) is 5.29. The largest absolute Gasteiger partial charge is 0.463 e. The number of Topliss-reactive ketones (excluding diaryl/α,β-unsaturated/α-hetero) is 1. The van der Waals surface area contributed by atoms with Crippen LogP contribution in [0.3, 0.4) is 0 Å². The molecule has 2 aromatic carbocycles. The highest BCUT2D eigenvalue weighted by Gasteiger charge is 2.41. The van der Waals surface area contributed by atoms with Gasteiger partial charge in [0.15, 0.2) is 5.78 Å². The minimum atomic E-state index is -0.449. The SMILES string of the molecule is CCOC(=O)C1=C(C)NC2=C(C(=O)C[C@@H](c3ccc(Cl)cc3)C2)[C@@H]1c1ccc(N(CC)CC)cc1. The van der Waals surface area contributed by atoms with Crippen LogP contribution in [0.4, 0.5) is 5.69 Å². The van der Waals surface area contributed by atoms with Crippen molar-refractivity contribution in [2.45, 2.75) is 52.4 Å². The van der Waals surface area contributed by atoms with Crippen LogP contribution in [-0.4, -0.2) is 31.4 Å². The van der Waals surface area contributed by atoms with Gasteiger partial charge in [0.1, 0.15) is 0 Å². The van der Waals surface area contributed by atoms with E-state index in [1.54, 1.807) is 6.92 Å². The second-order valence-corrected chi connectivity index (χ2v) is 9.49. The van der Waals surface area contributed by atoms with Crippen LogP contribution < -0.4 is 10.2 Å². The summed E-state index contributed by atoms with van der Waals surface area (Å²) in [5, 5.41) is 4.08. The standard InChI is InChI=1S/C29H33ClN2O3/c1-5-32(6-2)23-14-10-20(11-15-23)27-26(29(34)35-7-3)18(4)31-24-16-21(17-25(33)28(24)27)19-8-12-22(30)13-9-19/h8-15,21,27,31H,5-7,16-17H2,1-4H3/t21-,27+/m0/s1. The van der Waals surface area contributed by atoms with Gasteiger partial charge >= 0.3 is 5.97 Å². The molecule has 5 nitrogen and oxygen atoms in total. The van der Waals surface area contributed by atoms with Crippen LogP contribution in [0.1, 0.15) is 63.5 Å². The molecule has 184 valence electrons. The number of hydrogen-bond donors (Lipinski definition) is 1. The first kappa shape index (κ1) is 25.1. The number of ketones is 1. The predicted molar refractivity (Wildman–Crippen MR) is 141 cm³/mol. The van der Waals surface area contributed by atoms with E-state index in [-0.39, 0.29) is 24.3 Å². The fourth-order valence-corrected chi connectivity index (χ4v) is 5.41. The smallest absolute Gasteiger partial charge is 0.336 e. The van der Waals surface area contributed by atoms with Crippen molar-refractivity contribution in [2.24, 2.45) is 0 Å². The van der Waals surface area contributed by atoms with Gasteiger partial charge in [0.2, 0.25) is 0 Å². The number of dihydropyridines is 1. The van der Waals surface area contributed by atoms with E-state index in [0.717, 1.165) is 41.3 Å². The van der Waals surface area contributed by atoms with Crippen molar-refractivity contribution in [2.75, 3.05) is 24.6 Å². The van der Waals surface area contributed by atoms with Crippen molar-refractivity contribution in [3.05, 3.63) is 87.2 Å². The first-order valence-electron chi connectivity index (χ1n) is 12.4. The number of nitrogens with one attached hydrogen (secondary N) is 1. The molecule has 0 aromatic heterocycles. The predicted octanol–water partition coefficient (Wildman–Crippen LogP) is 6.11. The Morgan fingerprint density at radius 2 is 1.63 bits per heavy atom. The van der Waals surface area contributed by atoms with Crippen LogP contribution in [0.15, 0.2) is 71.1 Å². The Balaban J connectivity index is 1.76. The molecule has 1 N–H and O–H groups in total. The van der Waals surface area contributed by atoms with E-state index >= 15 is 0 Å². The summed E-state index contributed by atoms with van der Waals surface area (Å²) < 4.78 is 5.43. The summed E-state index contributed by atoms with van der Waals surface area (Å²) in [6.07, 6.45) is 1.09. The van der Waals surface area contributed by atoms with E-state index in [4.69, 9.17) is 16.3 Å². The molecule has 0 saturated heterocycles. The summed E-state index contributed by atoms with van der Waals surface area (Å²) in [7, 11) is 0. The highest BCUT2D eigenvalue weighted by Crippen LogP contribution is 2.46. The summed E-state index contributed by atoms with van der Waals surface area (Å²) >= 11 is 6.07. The van der Waals surface area contributed by atoms with Crippen LogP contribution in [0, 0.1) is 0 Å². The normalized spacial score (nSPS) is 19.9. The van der Waals surface area contributed by atoms with Gasteiger partial charge in [0, 0.05) is 53.1 Å². The Hall–Kier alpha value is -3.05. The van der Waals surface area contributed by atoms with Gasteiger partial charge < -0.3 is 15.0 Å². The molecule has 2 aliphatic rings. The van der Waals surface area contributed by atoms with E-state index in [1.807, 2.05) is 43.3 Å². The molecule has 4 rings (SSSR count). The average molecular weight is 493 g/mol. The third-order valence-electron chi connectivity index (χ3n) is 7.02. The first-order chi connectivity index (χ1) is 16.9. The molecule has 2 atom stereocenters. The van der Waals surface area contributed by atoms with Crippen molar-refractivity contribution in [1.29, 1.82) is 0 Å². The lowest BCUT2D eigenvalue weighted by atomic mass is 9.71. The summed E-state index contributed by atoms with van der Waals surface area (Å²) in [5.41, 5.74) is 5.97. The maximum Gasteiger partial charge on any atom is 0.336 e. The molecular formula is C29H33ClN2O3. The number of nitrogens with zero attached hydrogens (tertiary/aromatic N) is 1. The number of esters is 1. The van der Waals surface area contributed by atoms with Gasteiger partial charge in [-0.3, -0.25) is 4.79 Å². The van der Waals surface area contributed by atoms with Crippen LogP contribution in [0.5, 0.6) is 0 Å². The van der Waals surface area contributed by atoms with E-state index in [0.29, 0.717) is 29.0 Å². The van der Waals surface area contributed by atoms with E-state index in [2.05, 4.69) is 36.2 Å². The van der Waals surface area contributed by atoms with Gasteiger partial charge in [-0.2, -0.15) is 0 Å². The first-order valence-corrected chi connectivity index (χ1v) is 12.8. The highest BCUT2D eigenvalue weighted by molar-refractivity contribution is 6.30. The van der Waals surface area contributed by atoms with Crippen LogP contribution in [0.2, 0.25) is 5.02 Å². The Labute approximate surface area is 212 Å². The zero-order valence-electron chi connectivity index (χ0n) is 20.9. The number of anilines is 1. The van der Waals surface area contributed by atoms with Crippen molar-refractivity contribution in [3.8, 4) is 0 Å². The Bertz CT molecular complexity index is 1160. The van der Waals surface area contributed by atoms with E-state index < -0.39 is 5.92 Å². The summed E-state index contributed by atoms with van der Waals surface area (Å²) in [6.45, 7) is 10.1. The molecule has 6 heteroatoms. The molecule has 0 unspecified atom stereocenters. The zero-order chi connectivity index (χ0) is 25.1. The zero-order valence-corrected chi connectivity index (χ0v) is 21.6. The summed E-state index contributed by atoms with van der Waals surface area (Å²) in [5.74, 6) is -0.705. The molecule has 35 heavy (non-hydrogen) atoms. The van der Waals surface area contributed by atoms with E-state index in [9.17, 15) is 9.59 Å². The number of ether oxygens (including phenoxy) is 1. The number of rotatable bonds is 7. The third-order valence-corrected chi connectivity index (χ3v) is 7.27. The van der Waals surface area contributed by atoms with Crippen LogP contribution in [-0.2, 0) is 14.3 Å². The van der Waals surface area contributed by atoms with Gasteiger partial charge in [-0.05, 0) is 75.4 Å². The molecule has 0 spiro atoms. The number of hydrogen-bond acceptors (Lipinski definition) is 5. The van der Waals surface area contributed by atoms with Crippen LogP contribution >= 0.6 is 11.6 Å². The number of halogens is 1. The van der Waals surface area contributed by atoms with Gasteiger partial charge in [0.25, 0.3) is 0 Å². The summed E-state index contributed by atoms with van der Waals surface area (Å²) in [6, 6.07) is 15.9. The topological polar surface area (TPSA) is 58.6 Å². The van der Waals surface area contributed by atoms with Crippen LogP contribution in [0.25, 0.3) is 0 Å². The number of carbonyl (C=O) groups is 2. The molecular weight excluding hydrogens is 460 g/mol. The molecule has 0 bridgehead atoms. The van der Waals surface area contributed by atoms with Crippen molar-refractivity contribution < 1.29 is 14.3 Å². The molecule has 0 amide bonds. The molecule has 1 aliphatic heterocycles. The Morgan fingerprint density at radius 3 is 2.23 bits per heavy atom. The van der Waals surface area contributed by atoms with Gasteiger partial charge in [-0.1, -0.05) is 35.9 Å². The fraction of sp³-hybridized carbons (Fsp3) is 0.379.